The quantitative estimate of drug-likeness (QED) is 0.507. The molecule has 0 unspecified atom stereocenters. The first-order valence-electron chi connectivity index (χ1n) is 11.9. The highest BCUT2D eigenvalue weighted by atomic mass is 16.7. The number of benzene rings is 3. The Balaban J connectivity index is 1.50. The summed E-state index contributed by atoms with van der Waals surface area (Å²) in [5, 5.41) is 0. The normalized spacial score (nSPS) is 20.3. The van der Waals surface area contributed by atoms with Crippen molar-refractivity contribution < 1.29 is 28.4 Å². The van der Waals surface area contributed by atoms with E-state index in [0.29, 0.717) is 18.1 Å². The summed E-state index contributed by atoms with van der Waals surface area (Å²) in [6.07, 6.45) is 0.679. The van der Waals surface area contributed by atoms with Crippen LogP contribution >= 0.6 is 0 Å². The van der Waals surface area contributed by atoms with Crippen LogP contribution in [0.3, 0.4) is 0 Å². The van der Waals surface area contributed by atoms with E-state index in [4.69, 9.17) is 28.4 Å². The van der Waals surface area contributed by atoms with Gasteiger partial charge in [-0.1, -0.05) is 36.4 Å². The highest BCUT2D eigenvalue weighted by molar-refractivity contribution is 5.63. The molecule has 3 aromatic carbocycles. The van der Waals surface area contributed by atoms with E-state index in [1.165, 1.54) is 11.1 Å². The molecule has 182 valence electrons. The van der Waals surface area contributed by atoms with Crippen molar-refractivity contribution in [2.24, 2.45) is 0 Å². The SMILES string of the molecule is COc1ccc2c(c1OC)CO[C@@H]2[C@H]1c2c(cc3c(c2OC)OCO3)CCN1Cc1ccccc1. The molecule has 0 saturated heterocycles. The molecule has 3 aliphatic heterocycles. The Labute approximate surface area is 205 Å². The van der Waals surface area contributed by atoms with Gasteiger partial charge in [0.25, 0.3) is 0 Å². The Bertz CT molecular complexity index is 1240. The monoisotopic (exact) mass is 475 g/mol. The number of ether oxygens (including phenoxy) is 6. The lowest BCUT2D eigenvalue weighted by molar-refractivity contribution is -0.0165. The predicted octanol–water partition coefficient (Wildman–Crippen LogP) is 4.81. The van der Waals surface area contributed by atoms with Crippen molar-refractivity contribution >= 4 is 0 Å². The van der Waals surface area contributed by atoms with Crippen LogP contribution in [0.5, 0.6) is 28.7 Å². The van der Waals surface area contributed by atoms with Crippen LogP contribution in [0.25, 0.3) is 0 Å². The minimum atomic E-state index is -0.207. The summed E-state index contributed by atoms with van der Waals surface area (Å²) in [6.45, 7) is 2.34. The van der Waals surface area contributed by atoms with E-state index in [2.05, 4.69) is 41.3 Å². The highest BCUT2D eigenvalue weighted by Gasteiger charge is 2.43. The van der Waals surface area contributed by atoms with Crippen LogP contribution in [0.4, 0.5) is 0 Å². The molecule has 3 aromatic rings. The number of hydrogen-bond acceptors (Lipinski definition) is 7. The summed E-state index contributed by atoms with van der Waals surface area (Å²) < 4.78 is 35.4. The molecular weight excluding hydrogens is 446 g/mol. The van der Waals surface area contributed by atoms with Crippen molar-refractivity contribution in [1.82, 2.24) is 4.90 Å². The van der Waals surface area contributed by atoms with Crippen LogP contribution in [0.2, 0.25) is 0 Å². The van der Waals surface area contributed by atoms with Gasteiger partial charge in [-0.2, -0.15) is 0 Å². The van der Waals surface area contributed by atoms with Crippen molar-refractivity contribution in [2.45, 2.75) is 31.7 Å². The molecule has 0 aliphatic carbocycles. The minimum Gasteiger partial charge on any atom is -0.493 e. The zero-order chi connectivity index (χ0) is 23.9. The smallest absolute Gasteiger partial charge is 0.231 e. The van der Waals surface area contributed by atoms with Crippen molar-refractivity contribution in [3.8, 4) is 28.7 Å². The van der Waals surface area contributed by atoms with E-state index < -0.39 is 0 Å². The first-order valence-corrected chi connectivity index (χ1v) is 11.9. The maximum absolute atomic E-state index is 6.54. The Morgan fingerprint density at radius 1 is 0.943 bits per heavy atom. The van der Waals surface area contributed by atoms with Gasteiger partial charge in [0, 0.05) is 24.2 Å². The van der Waals surface area contributed by atoms with Crippen LogP contribution < -0.4 is 23.7 Å². The van der Waals surface area contributed by atoms with E-state index in [0.717, 1.165) is 53.4 Å². The maximum atomic E-state index is 6.54. The number of nitrogens with zero attached hydrogens (tertiary/aromatic N) is 1. The first kappa shape index (κ1) is 22.1. The molecule has 7 nitrogen and oxygen atoms in total. The van der Waals surface area contributed by atoms with Crippen LogP contribution in [0, 0.1) is 0 Å². The zero-order valence-electron chi connectivity index (χ0n) is 20.2. The standard InChI is InChI=1S/C28H29NO6/c1-30-21-10-9-19-20(25(21)31-2)15-33-26(19)24-23-18(13-22-27(28(23)32-3)35-16-34-22)11-12-29(24)14-17-7-5-4-6-8-17/h4-10,13,24,26H,11-12,14-16H2,1-3H3/t24-,26+/m1/s1. The molecule has 0 radical (unpaired) electrons. The highest BCUT2D eigenvalue weighted by Crippen LogP contribution is 2.55. The van der Waals surface area contributed by atoms with E-state index in [1.54, 1.807) is 21.3 Å². The molecular formula is C28H29NO6. The van der Waals surface area contributed by atoms with Gasteiger partial charge in [0.2, 0.25) is 12.5 Å². The largest absolute Gasteiger partial charge is 0.493 e. The topological polar surface area (TPSA) is 58.6 Å². The van der Waals surface area contributed by atoms with Gasteiger partial charge < -0.3 is 28.4 Å². The number of fused-ring (bicyclic) bond motifs is 3. The number of rotatable bonds is 6. The molecule has 0 saturated carbocycles. The van der Waals surface area contributed by atoms with E-state index >= 15 is 0 Å². The number of hydrogen-bond donors (Lipinski definition) is 0. The third-order valence-corrected chi connectivity index (χ3v) is 7.22. The van der Waals surface area contributed by atoms with Gasteiger partial charge in [-0.05, 0) is 35.2 Å². The van der Waals surface area contributed by atoms with Gasteiger partial charge in [-0.15, -0.1) is 0 Å². The molecule has 3 heterocycles. The van der Waals surface area contributed by atoms with Gasteiger partial charge in [0.05, 0.1) is 34.0 Å². The molecule has 0 amide bonds. The summed E-state index contributed by atoms with van der Waals surface area (Å²) in [4.78, 5) is 2.48. The predicted molar refractivity (Wildman–Crippen MR) is 129 cm³/mol. The lowest BCUT2D eigenvalue weighted by Crippen LogP contribution is -2.38. The molecule has 35 heavy (non-hydrogen) atoms. The molecule has 7 heteroatoms. The fourth-order valence-electron chi connectivity index (χ4n) is 5.68. The lowest BCUT2D eigenvalue weighted by Gasteiger charge is -2.41. The van der Waals surface area contributed by atoms with Crippen LogP contribution in [-0.4, -0.2) is 39.6 Å². The van der Waals surface area contributed by atoms with Crippen LogP contribution in [0.15, 0.2) is 48.5 Å². The summed E-state index contributed by atoms with van der Waals surface area (Å²) in [6, 6.07) is 16.6. The molecule has 0 N–H and O–H groups in total. The third kappa shape index (κ3) is 3.58. The summed E-state index contributed by atoms with van der Waals surface area (Å²) in [7, 11) is 5.03. The summed E-state index contributed by atoms with van der Waals surface area (Å²) in [5.74, 6) is 3.59. The second-order valence-electron chi connectivity index (χ2n) is 8.97. The molecule has 0 bridgehead atoms. The molecule has 0 spiro atoms. The second kappa shape index (κ2) is 8.98. The summed E-state index contributed by atoms with van der Waals surface area (Å²) >= 11 is 0. The van der Waals surface area contributed by atoms with Crippen LogP contribution in [-0.2, 0) is 24.3 Å². The lowest BCUT2D eigenvalue weighted by atomic mass is 9.84. The van der Waals surface area contributed by atoms with E-state index in [-0.39, 0.29) is 18.9 Å². The van der Waals surface area contributed by atoms with Gasteiger partial charge >= 0.3 is 0 Å². The molecule has 0 fully saturated rings. The first-order chi connectivity index (χ1) is 17.2. The van der Waals surface area contributed by atoms with Crippen molar-refractivity contribution in [3.63, 3.8) is 0 Å². The molecule has 3 aliphatic rings. The Hall–Kier alpha value is -3.42. The van der Waals surface area contributed by atoms with Gasteiger partial charge in [0.15, 0.2) is 23.0 Å². The van der Waals surface area contributed by atoms with Crippen molar-refractivity contribution in [3.05, 3.63) is 76.3 Å². The van der Waals surface area contributed by atoms with Gasteiger partial charge in [-0.3, -0.25) is 4.90 Å². The zero-order valence-corrected chi connectivity index (χ0v) is 20.2. The Kier molecular flexibility index (Phi) is 5.66. The van der Waals surface area contributed by atoms with Crippen molar-refractivity contribution in [2.75, 3.05) is 34.7 Å². The second-order valence-corrected chi connectivity index (χ2v) is 8.97. The molecule has 2 atom stereocenters. The Morgan fingerprint density at radius 2 is 1.77 bits per heavy atom. The Morgan fingerprint density at radius 3 is 2.54 bits per heavy atom. The average Bonchev–Trinajstić information content (AvgIpc) is 3.54. The van der Waals surface area contributed by atoms with Gasteiger partial charge in [0.1, 0.15) is 6.10 Å². The fraction of sp³-hybridized carbons (Fsp3) is 0.357. The molecule has 6 rings (SSSR count). The summed E-state index contributed by atoms with van der Waals surface area (Å²) in [5.41, 5.74) is 5.71. The van der Waals surface area contributed by atoms with E-state index in [1.807, 2.05) is 12.1 Å². The number of methoxy groups -OCH3 is 3. The molecule has 0 aromatic heterocycles. The maximum Gasteiger partial charge on any atom is 0.231 e. The van der Waals surface area contributed by atoms with Crippen LogP contribution in [0.1, 0.15) is 40.0 Å². The minimum absolute atomic E-state index is 0.0808. The van der Waals surface area contributed by atoms with Crippen molar-refractivity contribution in [1.29, 1.82) is 0 Å². The average molecular weight is 476 g/mol. The van der Waals surface area contributed by atoms with E-state index in [9.17, 15) is 0 Å². The third-order valence-electron chi connectivity index (χ3n) is 7.22. The van der Waals surface area contributed by atoms with Gasteiger partial charge in [-0.25, -0.2) is 0 Å². The fourth-order valence-corrected chi connectivity index (χ4v) is 5.68.